The molecule has 4 nitrogen and oxygen atoms in total. The van der Waals surface area contributed by atoms with Crippen molar-refractivity contribution in [1.29, 1.82) is 0 Å². The van der Waals surface area contributed by atoms with E-state index >= 15 is 0 Å². The van der Waals surface area contributed by atoms with Crippen LogP contribution in [0.2, 0.25) is 0 Å². The number of anilines is 1. The molecule has 1 aromatic rings. The molecule has 4 heteroatoms. The minimum Gasteiger partial charge on any atom is -0.478 e. The molecule has 0 aliphatic carbocycles. The van der Waals surface area contributed by atoms with Crippen molar-refractivity contribution in [3.8, 4) is 0 Å². The second-order valence-corrected chi connectivity index (χ2v) is 3.79. The maximum Gasteiger partial charge on any atom is 0.335 e. The fourth-order valence-electron chi connectivity index (χ4n) is 1.46. The van der Waals surface area contributed by atoms with Crippen molar-refractivity contribution in [3.05, 3.63) is 29.8 Å². The lowest BCUT2D eigenvalue weighted by Gasteiger charge is -2.14. The van der Waals surface area contributed by atoms with E-state index in [1.165, 1.54) is 0 Å². The zero-order valence-electron chi connectivity index (χ0n) is 9.31. The molecule has 0 aromatic heterocycles. The molecule has 1 unspecified atom stereocenters. The molecule has 0 aliphatic rings. The summed E-state index contributed by atoms with van der Waals surface area (Å²) < 4.78 is 0. The zero-order valence-corrected chi connectivity index (χ0v) is 9.31. The predicted octanol–water partition coefficient (Wildman–Crippen LogP) is 1.96. The molecule has 0 fully saturated rings. The molecule has 1 rings (SSSR count). The van der Waals surface area contributed by atoms with E-state index in [1.807, 2.05) is 6.92 Å². The van der Waals surface area contributed by atoms with Gasteiger partial charge in [-0.25, -0.2) is 4.79 Å². The lowest BCUT2D eigenvalue weighted by Crippen LogP contribution is -2.15. The van der Waals surface area contributed by atoms with Crippen LogP contribution in [-0.4, -0.2) is 28.8 Å². The molecule has 0 aliphatic heterocycles. The Morgan fingerprint density at radius 1 is 1.38 bits per heavy atom. The third-order valence-corrected chi connectivity index (χ3v) is 2.34. The molecule has 0 spiro atoms. The molecule has 0 amide bonds. The summed E-state index contributed by atoms with van der Waals surface area (Å²) in [6.07, 6.45) is 1.65. The molecular weight excluding hydrogens is 206 g/mol. The third kappa shape index (κ3) is 3.90. The maximum atomic E-state index is 10.6. The quantitative estimate of drug-likeness (QED) is 0.689. The van der Waals surface area contributed by atoms with Crippen molar-refractivity contribution in [3.63, 3.8) is 0 Å². The molecule has 16 heavy (non-hydrogen) atoms. The van der Waals surface area contributed by atoms with Crippen LogP contribution in [0.15, 0.2) is 24.3 Å². The number of hydrogen-bond donors (Lipinski definition) is 3. The standard InChI is InChI=1S/C12H17NO3/c1-9(3-2-8-14)13-11-6-4-10(5-7-11)12(15)16/h4-7,9,13-14H,2-3,8H2,1H3,(H,15,16). The zero-order chi connectivity index (χ0) is 12.0. The molecule has 1 atom stereocenters. The van der Waals surface area contributed by atoms with Gasteiger partial charge in [-0.15, -0.1) is 0 Å². The van der Waals surface area contributed by atoms with Gasteiger partial charge in [0.2, 0.25) is 0 Å². The molecule has 0 radical (unpaired) electrons. The number of hydrogen-bond acceptors (Lipinski definition) is 3. The number of carboxylic acids is 1. The highest BCUT2D eigenvalue weighted by Crippen LogP contribution is 2.12. The molecule has 88 valence electrons. The van der Waals surface area contributed by atoms with Crippen LogP contribution in [0.1, 0.15) is 30.1 Å². The van der Waals surface area contributed by atoms with Gasteiger partial charge in [0.15, 0.2) is 0 Å². The van der Waals surface area contributed by atoms with Gasteiger partial charge in [0.05, 0.1) is 5.56 Å². The Balaban J connectivity index is 2.51. The van der Waals surface area contributed by atoms with Crippen LogP contribution in [0.3, 0.4) is 0 Å². The van der Waals surface area contributed by atoms with Crippen molar-refractivity contribution in [2.75, 3.05) is 11.9 Å². The number of aliphatic hydroxyl groups is 1. The van der Waals surface area contributed by atoms with Gasteiger partial charge in [-0.2, -0.15) is 0 Å². The molecule has 0 saturated carbocycles. The van der Waals surface area contributed by atoms with Crippen molar-refractivity contribution in [2.24, 2.45) is 0 Å². The molecule has 3 N–H and O–H groups in total. The van der Waals surface area contributed by atoms with Crippen LogP contribution < -0.4 is 5.32 Å². The first-order chi connectivity index (χ1) is 7.63. The average Bonchev–Trinajstić information content (AvgIpc) is 2.27. The van der Waals surface area contributed by atoms with Crippen LogP contribution in [-0.2, 0) is 0 Å². The van der Waals surface area contributed by atoms with E-state index in [9.17, 15) is 4.79 Å². The van der Waals surface area contributed by atoms with Crippen LogP contribution in [0.5, 0.6) is 0 Å². The monoisotopic (exact) mass is 223 g/mol. The number of carboxylic acid groups (broad SMARTS) is 1. The number of nitrogens with one attached hydrogen (secondary N) is 1. The van der Waals surface area contributed by atoms with Gasteiger partial charge in [-0.1, -0.05) is 0 Å². The molecule has 0 heterocycles. The smallest absolute Gasteiger partial charge is 0.335 e. The van der Waals surface area contributed by atoms with Gasteiger partial charge in [-0.05, 0) is 44.0 Å². The predicted molar refractivity (Wildman–Crippen MR) is 62.8 cm³/mol. The normalized spacial score (nSPS) is 12.1. The molecular formula is C12H17NO3. The van der Waals surface area contributed by atoms with Gasteiger partial charge in [0.25, 0.3) is 0 Å². The third-order valence-electron chi connectivity index (χ3n) is 2.34. The van der Waals surface area contributed by atoms with Crippen molar-refractivity contribution in [1.82, 2.24) is 0 Å². The Labute approximate surface area is 94.9 Å². The summed E-state index contributed by atoms with van der Waals surface area (Å²) in [5, 5.41) is 20.6. The van der Waals surface area contributed by atoms with E-state index in [1.54, 1.807) is 24.3 Å². The van der Waals surface area contributed by atoms with Gasteiger partial charge in [0.1, 0.15) is 0 Å². The van der Waals surface area contributed by atoms with Gasteiger partial charge >= 0.3 is 5.97 Å². The van der Waals surface area contributed by atoms with Gasteiger partial charge < -0.3 is 15.5 Å². The van der Waals surface area contributed by atoms with Crippen molar-refractivity contribution < 1.29 is 15.0 Å². The Morgan fingerprint density at radius 2 is 2.00 bits per heavy atom. The lowest BCUT2D eigenvalue weighted by molar-refractivity contribution is 0.0697. The number of benzene rings is 1. The number of rotatable bonds is 6. The van der Waals surface area contributed by atoms with Crippen molar-refractivity contribution >= 4 is 11.7 Å². The fraction of sp³-hybridized carbons (Fsp3) is 0.417. The van der Waals surface area contributed by atoms with E-state index in [4.69, 9.17) is 10.2 Å². The van der Waals surface area contributed by atoms with Gasteiger partial charge in [-0.3, -0.25) is 0 Å². The minimum atomic E-state index is -0.917. The highest BCUT2D eigenvalue weighted by atomic mass is 16.4. The Bertz CT molecular complexity index is 335. The Kier molecular flexibility index (Phi) is 4.79. The average molecular weight is 223 g/mol. The van der Waals surface area contributed by atoms with E-state index in [0.29, 0.717) is 0 Å². The Morgan fingerprint density at radius 3 is 2.50 bits per heavy atom. The minimum absolute atomic E-state index is 0.198. The summed E-state index contributed by atoms with van der Waals surface area (Å²) in [5.74, 6) is -0.917. The van der Waals surface area contributed by atoms with Crippen LogP contribution >= 0.6 is 0 Å². The largest absolute Gasteiger partial charge is 0.478 e. The highest BCUT2D eigenvalue weighted by molar-refractivity contribution is 5.87. The maximum absolute atomic E-state index is 10.6. The van der Waals surface area contributed by atoms with Crippen LogP contribution in [0.4, 0.5) is 5.69 Å². The number of aromatic carboxylic acids is 1. The van der Waals surface area contributed by atoms with Crippen LogP contribution in [0.25, 0.3) is 0 Å². The second kappa shape index (κ2) is 6.12. The van der Waals surface area contributed by atoms with Crippen LogP contribution in [0, 0.1) is 0 Å². The number of aliphatic hydroxyl groups excluding tert-OH is 1. The first-order valence-electron chi connectivity index (χ1n) is 5.34. The van der Waals surface area contributed by atoms with E-state index in [0.717, 1.165) is 18.5 Å². The summed E-state index contributed by atoms with van der Waals surface area (Å²) in [4.78, 5) is 10.6. The molecule has 0 saturated heterocycles. The van der Waals surface area contributed by atoms with E-state index in [2.05, 4.69) is 5.32 Å². The summed E-state index contributed by atoms with van der Waals surface area (Å²) in [7, 11) is 0. The molecule has 1 aromatic carbocycles. The lowest BCUT2D eigenvalue weighted by atomic mass is 10.1. The fourth-order valence-corrected chi connectivity index (χ4v) is 1.46. The first kappa shape index (κ1) is 12.5. The summed E-state index contributed by atoms with van der Waals surface area (Å²) in [6, 6.07) is 6.91. The van der Waals surface area contributed by atoms with E-state index < -0.39 is 5.97 Å². The van der Waals surface area contributed by atoms with Crippen molar-refractivity contribution in [2.45, 2.75) is 25.8 Å². The van der Waals surface area contributed by atoms with E-state index in [-0.39, 0.29) is 18.2 Å². The molecule has 0 bridgehead atoms. The van der Waals surface area contributed by atoms with Gasteiger partial charge in [0, 0.05) is 18.3 Å². The summed E-state index contributed by atoms with van der Waals surface area (Å²) in [6.45, 7) is 2.23. The highest BCUT2D eigenvalue weighted by Gasteiger charge is 2.04. The topological polar surface area (TPSA) is 69.6 Å². The summed E-state index contributed by atoms with van der Waals surface area (Å²) in [5.41, 5.74) is 1.18. The Hall–Kier alpha value is -1.55. The SMILES string of the molecule is CC(CCCO)Nc1ccc(C(=O)O)cc1. The summed E-state index contributed by atoms with van der Waals surface area (Å²) >= 11 is 0. The first-order valence-corrected chi connectivity index (χ1v) is 5.34. The number of carbonyl (C=O) groups is 1. The second-order valence-electron chi connectivity index (χ2n) is 3.79.